The molecule has 0 aliphatic carbocycles. The van der Waals surface area contributed by atoms with Gasteiger partial charge in [-0.05, 0) is 52.2 Å². The monoisotopic (exact) mass is 334 g/mol. The molecule has 0 bridgehead atoms. The molecule has 1 aromatic heterocycles. The molecular weight excluding hydrogens is 327 g/mol. The molecule has 1 atom stereocenters. The number of halogens is 3. The van der Waals surface area contributed by atoms with E-state index in [1.54, 1.807) is 19.1 Å². The predicted octanol–water partition coefficient (Wildman–Crippen LogP) is 4.69. The molecule has 0 fully saturated rings. The Bertz CT molecular complexity index is 516. The third-order valence-electron chi connectivity index (χ3n) is 2.31. The van der Waals surface area contributed by atoms with Gasteiger partial charge in [-0.3, -0.25) is 0 Å². The van der Waals surface area contributed by atoms with Crippen molar-refractivity contribution in [3.05, 3.63) is 54.9 Å². The van der Waals surface area contributed by atoms with Gasteiger partial charge in [0.05, 0.1) is 0 Å². The second kappa shape index (κ2) is 5.06. The molecule has 2 aromatic rings. The summed E-state index contributed by atoms with van der Waals surface area (Å²) in [6.07, 6.45) is -0.849. The van der Waals surface area contributed by atoms with Crippen molar-refractivity contribution in [3.8, 4) is 0 Å². The Morgan fingerprint density at radius 1 is 1.35 bits per heavy atom. The van der Waals surface area contributed by atoms with E-state index in [4.69, 9.17) is 11.6 Å². The van der Waals surface area contributed by atoms with Crippen molar-refractivity contribution in [2.75, 3.05) is 0 Å². The summed E-state index contributed by atoms with van der Waals surface area (Å²) in [7, 11) is 0. The molecule has 1 nitrogen and oxygen atoms in total. The number of aliphatic hydroxyl groups is 1. The zero-order chi connectivity index (χ0) is 12.6. The molecule has 1 N–H and O–H groups in total. The lowest BCUT2D eigenvalue weighted by atomic mass is 10.1. The molecule has 0 aliphatic rings. The third kappa shape index (κ3) is 2.88. The van der Waals surface area contributed by atoms with Crippen molar-refractivity contribution >= 4 is 38.9 Å². The molecule has 0 radical (unpaired) electrons. The number of benzene rings is 1. The van der Waals surface area contributed by atoms with E-state index < -0.39 is 6.10 Å². The lowest BCUT2D eigenvalue weighted by Gasteiger charge is -2.09. The van der Waals surface area contributed by atoms with Crippen LogP contribution in [0.1, 0.15) is 22.1 Å². The highest BCUT2D eigenvalue weighted by Gasteiger charge is 2.16. The van der Waals surface area contributed by atoms with Crippen molar-refractivity contribution in [2.45, 2.75) is 13.0 Å². The van der Waals surface area contributed by atoms with E-state index in [-0.39, 0.29) is 5.82 Å². The molecule has 5 heteroatoms. The standard InChI is InChI=1S/C12H9BrClFOS/c1-6-2-7(4-8(15)3-6)11(16)10-5-9(13)12(14)17-10/h2-5,11,16H,1H3. The van der Waals surface area contributed by atoms with Crippen LogP contribution in [0.25, 0.3) is 0 Å². The Morgan fingerprint density at radius 3 is 2.59 bits per heavy atom. The van der Waals surface area contributed by atoms with Gasteiger partial charge in [-0.15, -0.1) is 11.3 Å². The number of hydrogen-bond acceptors (Lipinski definition) is 2. The van der Waals surface area contributed by atoms with Gasteiger partial charge < -0.3 is 5.11 Å². The van der Waals surface area contributed by atoms with Gasteiger partial charge in [-0.2, -0.15) is 0 Å². The number of aryl methyl sites for hydroxylation is 1. The Morgan fingerprint density at radius 2 is 2.06 bits per heavy atom. The molecule has 0 aliphatic heterocycles. The molecule has 0 saturated heterocycles. The summed E-state index contributed by atoms with van der Waals surface area (Å²) in [5.74, 6) is -0.347. The van der Waals surface area contributed by atoms with Crippen LogP contribution in [0.2, 0.25) is 4.34 Å². The van der Waals surface area contributed by atoms with Crippen LogP contribution in [0.4, 0.5) is 4.39 Å². The number of thiophene rings is 1. The van der Waals surface area contributed by atoms with Gasteiger partial charge in [0, 0.05) is 9.35 Å². The molecule has 0 amide bonds. The Labute approximate surface area is 116 Å². The number of aliphatic hydroxyl groups excluding tert-OH is 1. The second-order valence-electron chi connectivity index (χ2n) is 3.73. The first kappa shape index (κ1) is 13.0. The Hall–Kier alpha value is -0.420. The topological polar surface area (TPSA) is 20.2 Å². The Balaban J connectivity index is 2.39. The van der Waals surface area contributed by atoms with Crippen LogP contribution in [0.15, 0.2) is 28.7 Å². The molecular formula is C12H9BrClFOS. The van der Waals surface area contributed by atoms with E-state index in [2.05, 4.69) is 15.9 Å². The normalized spacial score (nSPS) is 12.8. The first-order chi connectivity index (χ1) is 7.97. The lowest BCUT2D eigenvalue weighted by Crippen LogP contribution is -1.98. The minimum atomic E-state index is -0.849. The number of rotatable bonds is 2. The zero-order valence-electron chi connectivity index (χ0n) is 8.88. The van der Waals surface area contributed by atoms with Gasteiger partial charge in [-0.25, -0.2) is 4.39 Å². The minimum absolute atomic E-state index is 0.347. The third-order valence-corrected chi connectivity index (χ3v) is 4.84. The SMILES string of the molecule is Cc1cc(F)cc(C(O)c2cc(Br)c(Cl)s2)c1. The van der Waals surface area contributed by atoms with Crippen LogP contribution in [0.3, 0.4) is 0 Å². The summed E-state index contributed by atoms with van der Waals surface area (Å²) in [5.41, 5.74) is 1.31. The van der Waals surface area contributed by atoms with Crippen molar-refractivity contribution in [3.63, 3.8) is 0 Å². The molecule has 1 aromatic carbocycles. The summed E-state index contributed by atoms with van der Waals surface area (Å²) in [4.78, 5) is 0.687. The quantitative estimate of drug-likeness (QED) is 0.844. The van der Waals surface area contributed by atoms with Crippen molar-refractivity contribution < 1.29 is 9.50 Å². The largest absolute Gasteiger partial charge is 0.383 e. The van der Waals surface area contributed by atoms with Crippen LogP contribution in [-0.4, -0.2) is 5.11 Å². The number of hydrogen-bond donors (Lipinski definition) is 1. The zero-order valence-corrected chi connectivity index (χ0v) is 12.0. The van der Waals surface area contributed by atoms with Crippen molar-refractivity contribution in [1.82, 2.24) is 0 Å². The fourth-order valence-electron chi connectivity index (χ4n) is 1.58. The van der Waals surface area contributed by atoms with Gasteiger partial charge in [0.15, 0.2) is 0 Å². The fourth-order valence-corrected chi connectivity index (χ4v) is 3.34. The van der Waals surface area contributed by atoms with Gasteiger partial charge in [0.2, 0.25) is 0 Å². The summed E-state index contributed by atoms with van der Waals surface area (Å²) < 4.78 is 14.6. The predicted molar refractivity (Wildman–Crippen MR) is 72.2 cm³/mol. The van der Waals surface area contributed by atoms with Gasteiger partial charge >= 0.3 is 0 Å². The second-order valence-corrected chi connectivity index (χ2v) is 6.28. The smallest absolute Gasteiger partial charge is 0.123 e. The first-order valence-corrected chi connectivity index (χ1v) is 6.86. The van der Waals surface area contributed by atoms with Gasteiger partial charge in [0.1, 0.15) is 16.3 Å². The van der Waals surface area contributed by atoms with E-state index >= 15 is 0 Å². The highest BCUT2D eigenvalue weighted by Crippen LogP contribution is 2.37. The molecule has 2 rings (SSSR count). The van der Waals surface area contributed by atoms with Crippen LogP contribution >= 0.6 is 38.9 Å². The van der Waals surface area contributed by atoms with Crippen LogP contribution in [0.5, 0.6) is 0 Å². The van der Waals surface area contributed by atoms with Crippen molar-refractivity contribution in [2.24, 2.45) is 0 Å². The lowest BCUT2D eigenvalue weighted by molar-refractivity contribution is 0.223. The van der Waals surface area contributed by atoms with Gasteiger partial charge in [-0.1, -0.05) is 17.7 Å². The minimum Gasteiger partial charge on any atom is -0.383 e. The molecule has 0 spiro atoms. The van der Waals surface area contributed by atoms with E-state index in [1.165, 1.54) is 23.5 Å². The maximum atomic E-state index is 13.2. The summed E-state index contributed by atoms with van der Waals surface area (Å²) in [6, 6.07) is 6.26. The maximum absolute atomic E-state index is 13.2. The van der Waals surface area contributed by atoms with E-state index in [0.29, 0.717) is 14.8 Å². The summed E-state index contributed by atoms with van der Waals surface area (Å²) in [6.45, 7) is 1.79. The highest BCUT2D eigenvalue weighted by molar-refractivity contribution is 9.10. The molecule has 1 heterocycles. The van der Waals surface area contributed by atoms with E-state index in [9.17, 15) is 9.50 Å². The average molecular weight is 336 g/mol. The fraction of sp³-hybridized carbons (Fsp3) is 0.167. The Kier molecular flexibility index (Phi) is 3.88. The van der Waals surface area contributed by atoms with Crippen LogP contribution in [-0.2, 0) is 0 Å². The van der Waals surface area contributed by atoms with Crippen LogP contribution in [0, 0.1) is 12.7 Å². The first-order valence-electron chi connectivity index (χ1n) is 4.87. The van der Waals surface area contributed by atoms with E-state index in [0.717, 1.165) is 10.0 Å². The molecule has 90 valence electrons. The van der Waals surface area contributed by atoms with Crippen LogP contribution < -0.4 is 0 Å². The summed E-state index contributed by atoms with van der Waals surface area (Å²) in [5, 5.41) is 10.1. The maximum Gasteiger partial charge on any atom is 0.123 e. The highest BCUT2D eigenvalue weighted by atomic mass is 79.9. The average Bonchev–Trinajstić information content (AvgIpc) is 2.57. The summed E-state index contributed by atoms with van der Waals surface area (Å²) >= 11 is 10.5. The molecule has 17 heavy (non-hydrogen) atoms. The molecule has 1 unspecified atom stereocenters. The van der Waals surface area contributed by atoms with E-state index in [1.807, 2.05) is 0 Å². The molecule has 0 saturated carbocycles. The van der Waals surface area contributed by atoms with Gasteiger partial charge in [0.25, 0.3) is 0 Å². The van der Waals surface area contributed by atoms with Crippen molar-refractivity contribution in [1.29, 1.82) is 0 Å².